The highest BCUT2D eigenvalue weighted by molar-refractivity contribution is 7.98. The van der Waals surface area contributed by atoms with Gasteiger partial charge in [-0.1, -0.05) is 25.6 Å². The molecule has 27 heteroatoms. The van der Waals surface area contributed by atoms with Crippen LogP contribution in [0.2, 0.25) is 0 Å². The molecular weight excluding hydrogens is 886 g/mol. The third-order valence-corrected chi connectivity index (χ3v) is 7.90. The molecule has 2 heterocycles. The van der Waals surface area contributed by atoms with Gasteiger partial charge in [-0.2, -0.15) is 79.0 Å². The van der Waals surface area contributed by atoms with Crippen molar-refractivity contribution in [3.63, 3.8) is 0 Å². The summed E-state index contributed by atoms with van der Waals surface area (Å²) >= 11 is 1.03. The van der Waals surface area contributed by atoms with Gasteiger partial charge in [-0.05, 0) is 55.5 Å². The Balaban J connectivity index is 0.000000338. The molecule has 0 saturated carbocycles. The molecule has 0 spiro atoms. The SMILES string of the molecule is CCCn1c(Nc2cc(C(F)(F)F)ccc2C(F)(F)F)nc(C(F)(F)F)cc1=O.CCCn1c(SC)nc(C(F)(F)F)cc1=O.Nc1cc(C(F)(F)F)ccc1C(F)(F)F. The highest BCUT2D eigenvalue weighted by Gasteiger charge is 2.39. The minimum atomic E-state index is -5.12. The minimum Gasteiger partial charge on any atom is -0.398 e. The standard InChI is InChI=1S/C16H12F9N3O.C9H11F3N2OS.C8H5F6N/c1-2-5-28-12(29)7-11(16(23,24)25)27-13(28)26-10-6-8(14(17,18)19)3-4-9(10)15(20,21)22;1-3-4-14-7(15)5-6(9(10,11)12)13-8(14)16-2;9-7(10,11)4-1-2-5(6(15)3-4)8(12,13)14/h3-4,6-7H,2,5H2,1H3,(H,26,27);5H,3-4H2,1-2H3;1-3H,15H2. The third kappa shape index (κ3) is 14.0. The summed E-state index contributed by atoms with van der Waals surface area (Å²) in [5, 5.41) is 1.93. The van der Waals surface area contributed by atoms with Crippen molar-refractivity contribution in [3.8, 4) is 0 Å². The molecular formula is C33H28F18N6O2S. The summed E-state index contributed by atoms with van der Waals surface area (Å²) < 4.78 is 229. The molecule has 0 amide bonds. The van der Waals surface area contributed by atoms with Gasteiger partial charge < -0.3 is 11.1 Å². The molecule has 4 rings (SSSR count). The zero-order valence-electron chi connectivity index (χ0n) is 30.3. The Morgan fingerprint density at radius 2 is 0.983 bits per heavy atom. The first-order valence-corrected chi connectivity index (χ1v) is 17.4. The summed E-state index contributed by atoms with van der Waals surface area (Å²) in [5.41, 5.74) is -7.46. The van der Waals surface area contributed by atoms with Gasteiger partial charge in [0.15, 0.2) is 16.5 Å². The number of thioether (sulfide) groups is 1. The fourth-order valence-electron chi connectivity index (χ4n) is 4.59. The number of nitrogens with zero attached hydrogens (tertiary/aromatic N) is 4. The Hall–Kier alpha value is -5.11. The smallest absolute Gasteiger partial charge is 0.398 e. The number of aromatic nitrogens is 4. The number of halogens is 18. The zero-order valence-corrected chi connectivity index (χ0v) is 31.2. The maximum atomic E-state index is 13.2. The lowest BCUT2D eigenvalue weighted by Crippen LogP contribution is -2.27. The van der Waals surface area contributed by atoms with Crippen molar-refractivity contribution < 1.29 is 79.0 Å². The summed E-state index contributed by atoms with van der Waals surface area (Å²) in [4.78, 5) is 30.0. The van der Waals surface area contributed by atoms with E-state index in [0.29, 0.717) is 35.7 Å². The number of nitrogen functional groups attached to an aromatic ring is 1. The van der Waals surface area contributed by atoms with Gasteiger partial charge in [0.1, 0.15) is 0 Å². The zero-order chi connectivity index (χ0) is 46.4. The summed E-state index contributed by atoms with van der Waals surface area (Å²) in [6, 6.07) is 2.03. The van der Waals surface area contributed by atoms with Gasteiger partial charge in [-0.15, -0.1) is 0 Å². The topological polar surface area (TPSA) is 108 Å². The summed E-state index contributed by atoms with van der Waals surface area (Å²) in [7, 11) is 0. The first kappa shape index (κ1) is 51.0. The first-order chi connectivity index (χ1) is 27.2. The lowest BCUT2D eigenvalue weighted by molar-refractivity contribution is -0.142. The molecule has 0 saturated heterocycles. The molecule has 3 N–H and O–H groups in total. The number of hydrogen-bond donors (Lipinski definition) is 2. The van der Waals surface area contributed by atoms with E-state index in [0.717, 1.165) is 11.8 Å². The lowest BCUT2D eigenvalue weighted by Gasteiger charge is -2.19. The van der Waals surface area contributed by atoms with Crippen molar-refractivity contribution in [1.29, 1.82) is 0 Å². The van der Waals surface area contributed by atoms with Crippen molar-refractivity contribution >= 4 is 29.1 Å². The number of nitrogens with two attached hydrogens (primary N) is 1. The predicted octanol–water partition coefficient (Wildman–Crippen LogP) is 11.2. The fraction of sp³-hybridized carbons (Fsp3) is 0.394. The maximum absolute atomic E-state index is 13.2. The van der Waals surface area contributed by atoms with Crippen LogP contribution in [0.5, 0.6) is 0 Å². The molecule has 2 aromatic heterocycles. The van der Waals surface area contributed by atoms with Crippen LogP contribution in [0.4, 0.5) is 96.4 Å². The van der Waals surface area contributed by atoms with Gasteiger partial charge in [-0.3, -0.25) is 18.7 Å². The highest BCUT2D eigenvalue weighted by Crippen LogP contribution is 2.41. The van der Waals surface area contributed by atoms with Gasteiger partial charge in [0.2, 0.25) is 5.95 Å². The average Bonchev–Trinajstić information content (AvgIpc) is 3.08. The lowest BCUT2D eigenvalue weighted by atomic mass is 10.1. The van der Waals surface area contributed by atoms with Crippen LogP contribution < -0.4 is 22.2 Å². The molecule has 8 nitrogen and oxygen atoms in total. The Morgan fingerprint density at radius 1 is 0.567 bits per heavy atom. The third-order valence-electron chi connectivity index (χ3n) is 7.22. The Labute approximate surface area is 329 Å². The molecule has 334 valence electrons. The van der Waals surface area contributed by atoms with Crippen molar-refractivity contribution in [2.45, 2.75) is 82.0 Å². The summed E-state index contributed by atoms with van der Waals surface area (Å²) in [6.07, 6.45) is -26.8. The van der Waals surface area contributed by atoms with E-state index in [4.69, 9.17) is 5.73 Å². The second-order valence-electron chi connectivity index (χ2n) is 11.7. The normalized spacial score (nSPS) is 12.6. The van der Waals surface area contributed by atoms with Gasteiger partial charge in [0.05, 0.1) is 27.9 Å². The summed E-state index contributed by atoms with van der Waals surface area (Å²) in [6.45, 7) is 3.51. The molecule has 0 unspecified atom stereocenters. The van der Waals surface area contributed by atoms with E-state index in [-0.39, 0.29) is 48.5 Å². The maximum Gasteiger partial charge on any atom is 0.433 e. The van der Waals surface area contributed by atoms with Crippen molar-refractivity contribution in [1.82, 2.24) is 19.1 Å². The monoisotopic (exact) mass is 914 g/mol. The van der Waals surface area contributed by atoms with Gasteiger partial charge in [-0.25, -0.2) is 9.97 Å². The average molecular weight is 915 g/mol. The number of hydrogen-bond acceptors (Lipinski definition) is 7. The van der Waals surface area contributed by atoms with Crippen LogP contribution in [0.15, 0.2) is 63.3 Å². The van der Waals surface area contributed by atoms with E-state index in [9.17, 15) is 88.6 Å². The second-order valence-corrected chi connectivity index (χ2v) is 12.5. The molecule has 2 aromatic carbocycles. The molecule has 0 aliphatic heterocycles. The Kier molecular flexibility index (Phi) is 16.2. The predicted molar refractivity (Wildman–Crippen MR) is 180 cm³/mol. The van der Waals surface area contributed by atoms with Crippen molar-refractivity contribution in [2.24, 2.45) is 0 Å². The largest absolute Gasteiger partial charge is 0.433 e. The second kappa shape index (κ2) is 19.1. The number of benzene rings is 2. The van der Waals surface area contributed by atoms with Crippen molar-refractivity contribution in [3.05, 3.63) is 103 Å². The number of alkyl halides is 18. The molecule has 4 aromatic rings. The van der Waals surface area contributed by atoms with E-state index in [2.05, 4.69) is 9.97 Å². The van der Waals surface area contributed by atoms with Crippen LogP contribution in [-0.4, -0.2) is 25.4 Å². The molecule has 0 fully saturated rings. The van der Waals surface area contributed by atoms with E-state index in [1.165, 1.54) is 11.5 Å². The quantitative estimate of drug-likeness (QED) is 0.0823. The van der Waals surface area contributed by atoms with E-state index < -0.39 is 99.1 Å². The highest BCUT2D eigenvalue weighted by atomic mass is 32.2. The molecule has 0 aliphatic rings. The Morgan fingerprint density at radius 3 is 1.38 bits per heavy atom. The number of rotatable bonds is 7. The number of nitrogens with one attached hydrogen (secondary N) is 1. The summed E-state index contributed by atoms with van der Waals surface area (Å²) in [5.74, 6) is -0.962. The van der Waals surface area contributed by atoms with Gasteiger partial charge >= 0.3 is 37.1 Å². The van der Waals surface area contributed by atoms with Crippen LogP contribution in [-0.2, 0) is 50.1 Å². The van der Waals surface area contributed by atoms with Crippen LogP contribution >= 0.6 is 11.8 Å². The van der Waals surface area contributed by atoms with E-state index >= 15 is 0 Å². The Bertz CT molecular complexity index is 2200. The van der Waals surface area contributed by atoms with Gasteiger partial charge in [0.25, 0.3) is 11.1 Å². The van der Waals surface area contributed by atoms with E-state index in [1.54, 1.807) is 6.26 Å². The molecule has 0 radical (unpaired) electrons. The van der Waals surface area contributed by atoms with Gasteiger partial charge in [0, 0.05) is 30.9 Å². The van der Waals surface area contributed by atoms with Crippen LogP contribution in [0.3, 0.4) is 0 Å². The molecule has 0 aliphatic carbocycles. The van der Waals surface area contributed by atoms with Crippen LogP contribution in [0, 0.1) is 0 Å². The number of anilines is 3. The van der Waals surface area contributed by atoms with Crippen LogP contribution in [0.25, 0.3) is 0 Å². The molecule has 0 atom stereocenters. The van der Waals surface area contributed by atoms with Crippen LogP contribution in [0.1, 0.15) is 60.3 Å². The minimum absolute atomic E-state index is 0.0888. The van der Waals surface area contributed by atoms with Crippen molar-refractivity contribution in [2.75, 3.05) is 17.3 Å². The first-order valence-electron chi connectivity index (χ1n) is 16.2. The molecule has 0 bridgehead atoms. The molecule has 60 heavy (non-hydrogen) atoms. The fourth-order valence-corrected chi connectivity index (χ4v) is 5.18. The van der Waals surface area contributed by atoms with E-state index in [1.807, 2.05) is 12.2 Å².